The Morgan fingerprint density at radius 1 is 0.455 bits per heavy atom. The second-order valence-electron chi connectivity index (χ2n) is 7.34. The number of anilines is 4. The number of benzene rings is 4. The molecule has 4 nitrogen and oxygen atoms in total. The van der Waals surface area contributed by atoms with Gasteiger partial charge in [-0.1, -0.05) is 36.4 Å². The summed E-state index contributed by atoms with van der Waals surface area (Å²) in [6, 6.07) is 36.4. The summed E-state index contributed by atoms with van der Waals surface area (Å²) >= 11 is 1.83. The summed E-state index contributed by atoms with van der Waals surface area (Å²) in [5.74, 6) is 3.62. The van der Waals surface area contributed by atoms with E-state index in [0.717, 1.165) is 45.8 Å². The van der Waals surface area contributed by atoms with Crippen LogP contribution >= 0.6 is 11.8 Å². The molecule has 2 N–H and O–H groups in total. The van der Waals surface area contributed by atoms with Crippen LogP contribution in [0.4, 0.5) is 22.7 Å². The minimum atomic E-state index is 0.677. The van der Waals surface area contributed by atoms with E-state index in [1.54, 1.807) is 0 Å². The summed E-state index contributed by atoms with van der Waals surface area (Å²) < 4.78 is 11.7. The zero-order valence-corrected chi connectivity index (χ0v) is 19.3. The lowest BCUT2D eigenvalue weighted by molar-refractivity contribution is 0.339. The quantitative estimate of drug-likeness (QED) is 0.218. The molecule has 0 atom stereocenters. The molecule has 0 radical (unpaired) electrons. The molecule has 4 aromatic rings. The fourth-order valence-corrected chi connectivity index (χ4v) is 3.79. The molecular formula is C28H28N2O2S. The van der Waals surface area contributed by atoms with Crippen molar-refractivity contribution in [1.82, 2.24) is 0 Å². The molecule has 168 valence electrons. The summed E-state index contributed by atoms with van der Waals surface area (Å²) in [6.45, 7) is 1.35. The van der Waals surface area contributed by atoms with Gasteiger partial charge in [0.1, 0.15) is 11.5 Å². The molecule has 0 fully saturated rings. The van der Waals surface area contributed by atoms with E-state index in [4.69, 9.17) is 9.47 Å². The van der Waals surface area contributed by atoms with E-state index in [2.05, 4.69) is 10.6 Å². The average Bonchev–Trinajstić information content (AvgIpc) is 2.87. The van der Waals surface area contributed by atoms with Gasteiger partial charge in [0.05, 0.1) is 13.2 Å². The van der Waals surface area contributed by atoms with Crippen molar-refractivity contribution in [1.29, 1.82) is 0 Å². The molecule has 0 saturated heterocycles. The lowest BCUT2D eigenvalue weighted by atomic mass is 10.2. The molecule has 0 aliphatic heterocycles. The van der Waals surface area contributed by atoms with Crippen molar-refractivity contribution in [3.05, 3.63) is 109 Å². The highest BCUT2D eigenvalue weighted by Crippen LogP contribution is 2.21. The third-order valence-electron chi connectivity index (χ3n) is 4.83. The molecule has 0 aliphatic carbocycles. The van der Waals surface area contributed by atoms with Gasteiger partial charge in [0, 0.05) is 34.3 Å². The van der Waals surface area contributed by atoms with Crippen LogP contribution in [0.5, 0.6) is 11.5 Å². The van der Waals surface area contributed by atoms with E-state index in [1.807, 2.05) is 121 Å². The summed E-state index contributed by atoms with van der Waals surface area (Å²) in [5, 5.41) is 6.74. The molecule has 4 aromatic carbocycles. The topological polar surface area (TPSA) is 42.5 Å². The van der Waals surface area contributed by atoms with Crippen LogP contribution in [0.2, 0.25) is 0 Å². The number of ether oxygens (including phenoxy) is 2. The predicted molar refractivity (Wildman–Crippen MR) is 141 cm³/mol. The van der Waals surface area contributed by atoms with Gasteiger partial charge in [-0.15, -0.1) is 0 Å². The minimum absolute atomic E-state index is 0.677. The molecule has 0 bridgehead atoms. The van der Waals surface area contributed by atoms with E-state index >= 15 is 0 Å². The van der Waals surface area contributed by atoms with Gasteiger partial charge in [0.25, 0.3) is 0 Å². The maximum atomic E-state index is 5.84. The van der Waals surface area contributed by atoms with Gasteiger partial charge >= 0.3 is 0 Å². The van der Waals surface area contributed by atoms with Crippen LogP contribution in [0.25, 0.3) is 0 Å². The van der Waals surface area contributed by atoms with Crippen molar-refractivity contribution in [2.75, 3.05) is 35.4 Å². The van der Waals surface area contributed by atoms with Crippen LogP contribution in [0.1, 0.15) is 0 Å². The monoisotopic (exact) mass is 456 g/mol. The normalized spacial score (nSPS) is 10.4. The Morgan fingerprint density at radius 3 is 1.21 bits per heavy atom. The molecular weight excluding hydrogens is 428 g/mol. The first-order chi connectivity index (χ1) is 16.3. The summed E-state index contributed by atoms with van der Waals surface area (Å²) in [4.78, 5) is 0. The van der Waals surface area contributed by atoms with Crippen LogP contribution in [0, 0.1) is 0 Å². The second kappa shape index (κ2) is 12.5. The SMILES string of the molecule is c1ccc(Nc2ccc(OCCSCCOc3ccc(Nc4ccccc4)cc3)cc2)cc1. The lowest BCUT2D eigenvalue weighted by Crippen LogP contribution is -2.05. The van der Waals surface area contributed by atoms with E-state index < -0.39 is 0 Å². The first-order valence-corrected chi connectivity index (χ1v) is 12.2. The van der Waals surface area contributed by atoms with Gasteiger partial charge in [-0.25, -0.2) is 0 Å². The van der Waals surface area contributed by atoms with Crippen molar-refractivity contribution in [3.8, 4) is 11.5 Å². The van der Waals surface area contributed by atoms with Crippen LogP contribution in [0.3, 0.4) is 0 Å². The Hall–Kier alpha value is -3.57. The number of nitrogens with one attached hydrogen (secondary N) is 2. The second-order valence-corrected chi connectivity index (χ2v) is 8.56. The van der Waals surface area contributed by atoms with Gasteiger partial charge in [-0.2, -0.15) is 11.8 Å². The molecule has 0 spiro atoms. The van der Waals surface area contributed by atoms with Crippen molar-refractivity contribution < 1.29 is 9.47 Å². The standard InChI is InChI=1S/C28H28N2O2S/c1-3-7-23(8-4-1)29-25-11-15-27(16-12-25)31-19-21-33-22-20-32-28-17-13-26(14-18-28)30-24-9-5-2-6-10-24/h1-18,29-30H,19-22H2. The number of hydrogen-bond acceptors (Lipinski definition) is 5. The Morgan fingerprint density at radius 2 is 0.818 bits per heavy atom. The maximum Gasteiger partial charge on any atom is 0.119 e. The minimum Gasteiger partial charge on any atom is -0.493 e. The maximum absolute atomic E-state index is 5.84. The van der Waals surface area contributed by atoms with Crippen LogP contribution in [-0.4, -0.2) is 24.7 Å². The highest BCUT2D eigenvalue weighted by molar-refractivity contribution is 7.99. The zero-order valence-electron chi connectivity index (χ0n) is 18.4. The Labute approximate surface area is 200 Å². The fourth-order valence-electron chi connectivity index (χ4n) is 3.18. The predicted octanol–water partition coefficient (Wildman–Crippen LogP) is 7.36. The number of hydrogen-bond donors (Lipinski definition) is 2. The largest absolute Gasteiger partial charge is 0.493 e. The summed E-state index contributed by atoms with van der Waals surface area (Å²) in [7, 11) is 0. The Kier molecular flexibility index (Phi) is 8.54. The lowest BCUT2D eigenvalue weighted by Gasteiger charge is -2.10. The smallest absolute Gasteiger partial charge is 0.119 e. The van der Waals surface area contributed by atoms with Crippen LogP contribution < -0.4 is 20.1 Å². The summed E-state index contributed by atoms with van der Waals surface area (Å²) in [5.41, 5.74) is 4.24. The highest BCUT2D eigenvalue weighted by atomic mass is 32.2. The van der Waals surface area contributed by atoms with Gasteiger partial charge < -0.3 is 20.1 Å². The number of para-hydroxylation sites is 2. The number of rotatable bonds is 12. The van der Waals surface area contributed by atoms with Gasteiger partial charge in [-0.05, 0) is 72.8 Å². The van der Waals surface area contributed by atoms with Crippen molar-refractivity contribution in [2.45, 2.75) is 0 Å². The fraction of sp³-hybridized carbons (Fsp3) is 0.143. The Balaban J connectivity index is 1.08. The zero-order chi connectivity index (χ0) is 22.6. The Bertz CT molecular complexity index is 983. The molecule has 0 saturated carbocycles. The van der Waals surface area contributed by atoms with Crippen molar-refractivity contribution in [2.24, 2.45) is 0 Å². The third kappa shape index (κ3) is 7.81. The molecule has 5 heteroatoms. The van der Waals surface area contributed by atoms with Crippen LogP contribution in [0.15, 0.2) is 109 Å². The molecule has 0 heterocycles. The molecule has 4 rings (SSSR count). The van der Waals surface area contributed by atoms with E-state index in [0.29, 0.717) is 13.2 Å². The van der Waals surface area contributed by atoms with Crippen molar-refractivity contribution in [3.63, 3.8) is 0 Å². The third-order valence-corrected chi connectivity index (χ3v) is 5.74. The molecule has 0 unspecified atom stereocenters. The first-order valence-electron chi connectivity index (χ1n) is 11.0. The average molecular weight is 457 g/mol. The van der Waals surface area contributed by atoms with E-state index in [9.17, 15) is 0 Å². The number of thioether (sulfide) groups is 1. The molecule has 0 amide bonds. The highest BCUT2D eigenvalue weighted by Gasteiger charge is 1.99. The summed E-state index contributed by atoms with van der Waals surface area (Å²) in [6.07, 6.45) is 0. The van der Waals surface area contributed by atoms with Gasteiger partial charge in [0.15, 0.2) is 0 Å². The molecule has 0 aromatic heterocycles. The molecule has 0 aliphatic rings. The van der Waals surface area contributed by atoms with E-state index in [1.165, 1.54) is 0 Å². The van der Waals surface area contributed by atoms with Gasteiger partial charge in [0.2, 0.25) is 0 Å². The van der Waals surface area contributed by atoms with Crippen molar-refractivity contribution >= 4 is 34.5 Å². The van der Waals surface area contributed by atoms with Crippen LogP contribution in [-0.2, 0) is 0 Å². The molecule has 33 heavy (non-hydrogen) atoms. The first kappa shape index (κ1) is 22.6. The van der Waals surface area contributed by atoms with E-state index in [-0.39, 0.29) is 0 Å². The van der Waals surface area contributed by atoms with Gasteiger partial charge in [-0.3, -0.25) is 0 Å².